The highest BCUT2D eigenvalue weighted by Gasteiger charge is 2.33. The average molecular weight is 450 g/mol. The molecule has 1 aromatic carbocycles. The molecular formula is C20H24FN5O2S2. The molecular weight excluding hydrogens is 425 g/mol. The van der Waals surface area contributed by atoms with Crippen molar-refractivity contribution in [1.82, 2.24) is 5.32 Å². The molecule has 2 fully saturated rings. The van der Waals surface area contributed by atoms with Crippen molar-refractivity contribution < 1.29 is 13.9 Å². The summed E-state index contributed by atoms with van der Waals surface area (Å²) in [7, 11) is 0. The number of thiocarbonyl (C=S) groups is 2. The van der Waals surface area contributed by atoms with Crippen LogP contribution in [0.5, 0.6) is 0 Å². The maximum atomic E-state index is 14.9. The van der Waals surface area contributed by atoms with E-state index in [9.17, 15) is 14.4 Å². The summed E-state index contributed by atoms with van der Waals surface area (Å²) in [6.45, 7) is 3.72. The molecule has 10 heteroatoms. The van der Waals surface area contributed by atoms with Gasteiger partial charge in [-0.25, -0.2) is 9.18 Å². The number of hydrogen-bond donors (Lipinski definition) is 2. The third kappa shape index (κ3) is 4.96. The number of halogens is 1. The summed E-state index contributed by atoms with van der Waals surface area (Å²) < 4.78 is 20.2. The van der Waals surface area contributed by atoms with Gasteiger partial charge in [0, 0.05) is 13.1 Å². The van der Waals surface area contributed by atoms with Gasteiger partial charge in [-0.05, 0) is 43.9 Å². The molecule has 0 aromatic heterocycles. The van der Waals surface area contributed by atoms with Gasteiger partial charge in [-0.15, -0.1) is 0 Å². The van der Waals surface area contributed by atoms with Crippen LogP contribution in [0.25, 0.3) is 0 Å². The molecule has 30 heavy (non-hydrogen) atoms. The van der Waals surface area contributed by atoms with Crippen LogP contribution >= 0.6 is 24.4 Å². The number of carbonyl (C=O) groups is 1. The van der Waals surface area contributed by atoms with Crippen LogP contribution in [0.3, 0.4) is 0 Å². The molecule has 2 atom stereocenters. The molecule has 2 aliphatic rings. The summed E-state index contributed by atoms with van der Waals surface area (Å²) in [5.41, 5.74) is 6.59. The van der Waals surface area contributed by atoms with Crippen molar-refractivity contribution >= 4 is 51.9 Å². The molecule has 0 aliphatic carbocycles. The van der Waals surface area contributed by atoms with Crippen LogP contribution in [0.4, 0.5) is 20.6 Å². The van der Waals surface area contributed by atoms with Crippen molar-refractivity contribution in [3.8, 4) is 6.07 Å². The minimum absolute atomic E-state index is 0.0898. The van der Waals surface area contributed by atoms with Gasteiger partial charge >= 0.3 is 6.09 Å². The maximum Gasteiger partial charge on any atom is 0.414 e. The van der Waals surface area contributed by atoms with Gasteiger partial charge < -0.3 is 20.7 Å². The SMILES string of the molecule is CC(=S)NC[C@H]1CN(c2ccc(N3CCC(C(C#N)C(N)=S)CC3)c(F)c2)C(=O)O1. The Balaban J connectivity index is 1.64. The second-order valence-corrected chi connectivity index (χ2v) is 8.61. The molecule has 1 amide bonds. The van der Waals surface area contributed by atoms with E-state index in [2.05, 4.69) is 11.4 Å². The van der Waals surface area contributed by atoms with E-state index in [1.807, 2.05) is 4.90 Å². The summed E-state index contributed by atoms with van der Waals surface area (Å²) >= 11 is 9.95. The smallest absolute Gasteiger partial charge is 0.414 e. The zero-order valence-corrected chi connectivity index (χ0v) is 18.3. The summed E-state index contributed by atoms with van der Waals surface area (Å²) in [6.07, 6.45) is 0.572. The first-order valence-corrected chi connectivity index (χ1v) is 10.6. The standard InChI is InChI=1S/C20H24FN5O2S2/c1-12(29)24-10-15-11-26(20(27)28-15)14-2-3-18(17(21)8-14)25-6-4-13(5-7-25)16(9-22)19(23)30/h2-3,8,13,15-16H,4-7,10-11H2,1H3,(H2,23,30)(H,24,29)/t15-,16?/m0/s1. The number of nitrogens with zero attached hydrogens (tertiary/aromatic N) is 3. The first-order chi connectivity index (χ1) is 14.3. The van der Waals surface area contributed by atoms with Gasteiger partial charge in [-0.2, -0.15) is 5.26 Å². The minimum atomic E-state index is -0.503. The van der Waals surface area contributed by atoms with Crippen molar-refractivity contribution in [3.05, 3.63) is 24.0 Å². The Morgan fingerprint density at radius 2 is 2.13 bits per heavy atom. The number of nitrogens with two attached hydrogens (primary N) is 1. The first-order valence-electron chi connectivity index (χ1n) is 9.76. The monoisotopic (exact) mass is 449 g/mol. The van der Waals surface area contributed by atoms with Crippen molar-refractivity contribution in [1.29, 1.82) is 5.26 Å². The molecule has 3 N–H and O–H groups in total. The molecule has 2 aliphatic heterocycles. The molecule has 0 bridgehead atoms. The Labute approximate surface area is 185 Å². The summed E-state index contributed by atoms with van der Waals surface area (Å²) in [5.74, 6) is -0.756. The Bertz CT molecular complexity index is 882. The molecule has 0 saturated carbocycles. The average Bonchev–Trinajstić information content (AvgIpc) is 3.08. The van der Waals surface area contributed by atoms with Crippen LogP contribution < -0.4 is 20.9 Å². The van der Waals surface area contributed by atoms with E-state index >= 15 is 0 Å². The number of piperidine rings is 1. The topological polar surface area (TPSA) is 94.6 Å². The number of amides is 1. The lowest BCUT2D eigenvalue weighted by atomic mass is 9.85. The molecule has 1 unspecified atom stereocenters. The second kappa shape index (κ2) is 9.53. The van der Waals surface area contributed by atoms with Gasteiger partial charge in [0.25, 0.3) is 0 Å². The lowest BCUT2D eigenvalue weighted by molar-refractivity contribution is 0.143. The van der Waals surface area contributed by atoms with Crippen molar-refractivity contribution in [3.63, 3.8) is 0 Å². The first kappa shape index (κ1) is 22.2. The van der Waals surface area contributed by atoms with Gasteiger partial charge in [0.05, 0.1) is 46.4 Å². The number of nitrogens with one attached hydrogen (secondary N) is 1. The van der Waals surface area contributed by atoms with E-state index in [1.165, 1.54) is 11.0 Å². The maximum absolute atomic E-state index is 14.9. The van der Waals surface area contributed by atoms with Crippen molar-refractivity contribution in [2.75, 3.05) is 36.0 Å². The van der Waals surface area contributed by atoms with Crippen LogP contribution in [0, 0.1) is 29.0 Å². The zero-order chi connectivity index (χ0) is 21.8. The Morgan fingerprint density at radius 3 is 2.70 bits per heavy atom. The quantitative estimate of drug-likeness (QED) is 0.641. The summed E-state index contributed by atoms with van der Waals surface area (Å²) in [4.78, 5) is 16.4. The number of nitriles is 1. The largest absolute Gasteiger partial charge is 0.442 e. The third-order valence-corrected chi connectivity index (χ3v) is 5.89. The molecule has 2 saturated heterocycles. The molecule has 2 heterocycles. The number of cyclic esters (lactones) is 1. The number of rotatable bonds is 6. The fraction of sp³-hybridized carbons (Fsp3) is 0.500. The van der Waals surface area contributed by atoms with E-state index in [-0.39, 0.29) is 17.0 Å². The highest BCUT2D eigenvalue weighted by molar-refractivity contribution is 7.80. The summed E-state index contributed by atoms with van der Waals surface area (Å²) in [6, 6.07) is 6.94. The van der Waals surface area contributed by atoms with E-state index in [0.29, 0.717) is 55.4 Å². The Hall–Kier alpha value is -2.51. The lowest BCUT2D eigenvalue weighted by Crippen LogP contribution is -2.39. The van der Waals surface area contributed by atoms with Gasteiger partial charge in [-0.3, -0.25) is 4.90 Å². The number of ether oxygens (including phenoxy) is 1. The molecule has 160 valence electrons. The normalized spacial score (nSPS) is 20.4. The van der Waals surface area contributed by atoms with Gasteiger partial charge in [0.1, 0.15) is 11.9 Å². The van der Waals surface area contributed by atoms with E-state index in [1.54, 1.807) is 19.1 Å². The number of hydrogen-bond acceptors (Lipinski definition) is 6. The fourth-order valence-corrected chi connectivity index (χ4v) is 4.22. The van der Waals surface area contributed by atoms with Crippen LogP contribution in [-0.2, 0) is 4.74 Å². The molecule has 7 nitrogen and oxygen atoms in total. The predicted molar refractivity (Wildman–Crippen MR) is 121 cm³/mol. The number of carbonyl (C=O) groups excluding carboxylic acids is 1. The van der Waals surface area contributed by atoms with Gasteiger partial charge in [0.15, 0.2) is 0 Å². The van der Waals surface area contributed by atoms with Crippen LogP contribution in [-0.4, -0.2) is 48.4 Å². The summed E-state index contributed by atoms with van der Waals surface area (Å²) in [5, 5.41) is 12.2. The van der Waals surface area contributed by atoms with Crippen molar-refractivity contribution in [2.45, 2.75) is 25.9 Å². The van der Waals surface area contributed by atoms with Crippen molar-refractivity contribution in [2.24, 2.45) is 17.6 Å². The number of benzene rings is 1. The predicted octanol–water partition coefficient (Wildman–Crippen LogP) is 2.73. The molecule has 1 aromatic rings. The highest BCUT2D eigenvalue weighted by atomic mass is 32.1. The molecule has 0 spiro atoms. The molecule has 0 radical (unpaired) electrons. The minimum Gasteiger partial charge on any atom is -0.442 e. The number of anilines is 2. The van der Waals surface area contributed by atoms with Crippen LogP contribution in [0.15, 0.2) is 18.2 Å². The second-order valence-electron chi connectivity index (χ2n) is 7.52. The van der Waals surface area contributed by atoms with E-state index < -0.39 is 17.8 Å². The molecule has 3 rings (SSSR count). The van der Waals surface area contributed by atoms with Crippen LogP contribution in [0.1, 0.15) is 19.8 Å². The highest BCUT2D eigenvalue weighted by Crippen LogP contribution is 2.32. The van der Waals surface area contributed by atoms with Gasteiger partial charge in [0.2, 0.25) is 0 Å². The Morgan fingerprint density at radius 1 is 1.43 bits per heavy atom. The fourth-order valence-electron chi connectivity index (χ4n) is 3.89. The zero-order valence-electron chi connectivity index (χ0n) is 16.6. The van der Waals surface area contributed by atoms with Crippen LogP contribution in [0.2, 0.25) is 0 Å². The Kier molecular flexibility index (Phi) is 7.05. The van der Waals surface area contributed by atoms with E-state index in [4.69, 9.17) is 34.9 Å². The van der Waals surface area contributed by atoms with E-state index in [0.717, 1.165) is 0 Å². The lowest BCUT2D eigenvalue weighted by Gasteiger charge is -2.35. The van der Waals surface area contributed by atoms with Gasteiger partial charge in [-0.1, -0.05) is 24.4 Å². The third-order valence-electron chi connectivity index (χ3n) is 5.49.